The van der Waals surface area contributed by atoms with Gasteiger partial charge in [-0.2, -0.15) is 0 Å². The van der Waals surface area contributed by atoms with Gasteiger partial charge < -0.3 is 9.47 Å². The monoisotopic (exact) mass is 248 g/mol. The fraction of sp³-hybridized carbons (Fsp3) is 0.400. The van der Waals surface area contributed by atoms with Crippen LogP contribution >= 0.6 is 0 Å². The van der Waals surface area contributed by atoms with E-state index in [-0.39, 0.29) is 12.1 Å². The zero-order chi connectivity index (χ0) is 13.4. The third kappa shape index (κ3) is 5.53. The van der Waals surface area contributed by atoms with Crippen molar-refractivity contribution in [2.24, 2.45) is 0 Å². The van der Waals surface area contributed by atoms with Crippen LogP contribution in [0, 0.1) is 0 Å². The Morgan fingerprint density at radius 3 is 2.50 bits per heavy atom. The molecule has 0 radical (unpaired) electrons. The van der Waals surface area contributed by atoms with Crippen molar-refractivity contribution in [3.05, 3.63) is 35.9 Å². The number of esters is 1. The Hall–Kier alpha value is -1.77. The van der Waals surface area contributed by atoms with Gasteiger partial charge in [0.25, 0.3) is 0 Å². The molecule has 0 aromatic heterocycles. The highest BCUT2D eigenvalue weighted by Crippen LogP contribution is 2.13. The second kappa shape index (κ2) is 7.54. The predicted molar refractivity (Wildman–Crippen MR) is 72.5 cm³/mol. The zero-order valence-corrected chi connectivity index (χ0v) is 11.2. The maximum atomic E-state index is 11.3. The molecule has 0 unspecified atom stereocenters. The van der Waals surface area contributed by atoms with Crippen LogP contribution in [0.25, 0.3) is 6.08 Å². The van der Waals surface area contributed by atoms with Crippen molar-refractivity contribution in [3.8, 4) is 5.75 Å². The smallest absolute Gasteiger partial charge is 0.331 e. The normalized spacial score (nSPS) is 10.9. The van der Waals surface area contributed by atoms with Crippen LogP contribution in [0.4, 0.5) is 0 Å². The Balaban J connectivity index is 2.52. The van der Waals surface area contributed by atoms with Gasteiger partial charge in [-0.15, -0.1) is 0 Å². The van der Waals surface area contributed by atoms with Gasteiger partial charge in [0.2, 0.25) is 0 Å². The molecule has 98 valence electrons. The molecule has 0 bridgehead atoms. The van der Waals surface area contributed by atoms with Crippen LogP contribution in [0.2, 0.25) is 0 Å². The minimum atomic E-state index is -0.323. The molecule has 0 amide bonds. The van der Waals surface area contributed by atoms with Crippen molar-refractivity contribution >= 4 is 12.0 Å². The lowest BCUT2D eigenvalue weighted by Crippen LogP contribution is -2.08. The average molecular weight is 248 g/mol. The summed E-state index contributed by atoms with van der Waals surface area (Å²) < 4.78 is 10.5. The van der Waals surface area contributed by atoms with E-state index in [1.54, 1.807) is 6.08 Å². The molecule has 0 aliphatic heterocycles. The van der Waals surface area contributed by atoms with Gasteiger partial charge in [-0.3, -0.25) is 0 Å². The van der Waals surface area contributed by atoms with Gasteiger partial charge in [-0.25, -0.2) is 4.79 Å². The molecular weight excluding hydrogens is 228 g/mol. The molecule has 0 heterocycles. The summed E-state index contributed by atoms with van der Waals surface area (Å²) in [6, 6.07) is 7.60. The molecule has 1 aromatic carbocycles. The molecule has 0 aliphatic carbocycles. The van der Waals surface area contributed by atoms with E-state index in [0.29, 0.717) is 0 Å². The Morgan fingerprint density at radius 1 is 1.28 bits per heavy atom. The van der Waals surface area contributed by atoms with Gasteiger partial charge in [0, 0.05) is 6.08 Å². The van der Waals surface area contributed by atoms with E-state index >= 15 is 0 Å². The highest BCUT2D eigenvalue weighted by molar-refractivity contribution is 5.87. The predicted octanol–water partition coefficient (Wildman–Crippen LogP) is 3.44. The van der Waals surface area contributed by atoms with Crippen molar-refractivity contribution in [3.63, 3.8) is 0 Å². The number of benzene rings is 1. The Labute approximate surface area is 108 Å². The molecule has 1 rings (SSSR count). The summed E-state index contributed by atoms with van der Waals surface area (Å²) in [5.74, 6) is 0.523. The molecule has 18 heavy (non-hydrogen) atoms. The topological polar surface area (TPSA) is 35.5 Å². The lowest BCUT2D eigenvalue weighted by molar-refractivity contribution is -0.141. The van der Waals surface area contributed by atoms with Gasteiger partial charge in [-0.1, -0.05) is 19.1 Å². The molecule has 1 aromatic rings. The van der Waals surface area contributed by atoms with Crippen LogP contribution in [0.3, 0.4) is 0 Å². The Kier molecular flexibility index (Phi) is 5.98. The van der Waals surface area contributed by atoms with Crippen molar-refractivity contribution in [1.82, 2.24) is 0 Å². The molecule has 0 saturated heterocycles. The maximum Gasteiger partial charge on any atom is 0.331 e. The van der Waals surface area contributed by atoms with Crippen molar-refractivity contribution in [2.45, 2.75) is 33.3 Å². The number of ether oxygens (including phenoxy) is 2. The second-order valence-electron chi connectivity index (χ2n) is 4.24. The van der Waals surface area contributed by atoms with Crippen LogP contribution < -0.4 is 4.74 Å². The molecule has 0 N–H and O–H groups in total. The van der Waals surface area contributed by atoms with E-state index in [9.17, 15) is 4.79 Å². The van der Waals surface area contributed by atoms with Gasteiger partial charge in [-0.05, 0) is 44.0 Å². The Bertz CT molecular complexity index is 391. The van der Waals surface area contributed by atoms with Gasteiger partial charge in [0.05, 0.1) is 12.7 Å². The number of carbonyl (C=O) groups excluding carboxylic acids is 1. The van der Waals surface area contributed by atoms with E-state index in [4.69, 9.17) is 9.47 Å². The highest BCUT2D eigenvalue weighted by atomic mass is 16.5. The summed E-state index contributed by atoms with van der Waals surface area (Å²) in [4.78, 5) is 11.3. The average Bonchev–Trinajstić information content (AvgIpc) is 2.34. The number of hydrogen-bond acceptors (Lipinski definition) is 3. The molecule has 0 saturated carbocycles. The number of carbonyl (C=O) groups is 1. The first-order chi connectivity index (χ1) is 8.61. The van der Waals surface area contributed by atoms with Crippen molar-refractivity contribution in [1.29, 1.82) is 0 Å². The van der Waals surface area contributed by atoms with Gasteiger partial charge in [0.1, 0.15) is 5.75 Å². The molecule has 0 fully saturated rings. The van der Waals surface area contributed by atoms with E-state index < -0.39 is 0 Å². The second-order valence-corrected chi connectivity index (χ2v) is 4.24. The number of rotatable bonds is 6. The summed E-state index contributed by atoms with van der Waals surface area (Å²) in [6.07, 6.45) is 4.06. The third-order valence-corrected chi connectivity index (χ3v) is 2.12. The van der Waals surface area contributed by atoms with Crippen LogP contribution in [0.1, 0.15) is 32.8 Å². The molecule has 0 atom stereocenters. The standard InChI is InChI=1S/C15H20O3/c1-4-11-17-14-8-5-13(6-9-14)7-10-15(16)18-12(2)3/h5-10,12H,4,11H2,1-3H3/b10-7+. The largest absolute Gasteiger partial charge is 0.494 e. The summed E-state index contributed by atoms with van der Waals surface area (Å²) in [5, 5.41) is 0. The first kappa shape index (κ1) is 14.3. The van der Waals surface area contributed by atoms with Crippen molar-refractivity contribution < 1.29 is 14.3 Å². The summed E-state index contributed by atoms with van der Waals surface area (Å²) in [7, 11) is 0. The van der Waals surface area contributed by atoms with Crippen LogP contribution in [0.15, 0.2) is 30.3 Å². The SMILES string of the molecule is CCCOc1ccc(/C=C/C(=O)OC(C)C)cc1. The number of hydrogen-bond donors (Lipinski definition) is 0. The van der Waals surface area contributed by atoms with Gasteiger partial charge >= 0.3 is 5.97 Å². The fourth-order valence-electron chi connectivity index (χ4n) is 1.33. The lowest BCUT2D eigenvalue weighted by Gasteiger charge is -2.05. The lowest BCUT2D eigenvalue weighted by atomic mass is 10.2. The molecule has 3 heteroatoms. The van der Waals surface area contributed by atoms with Crippen LogP contribution in [-0.2, 0) is 9.53 Å². The highest BCUT2D eigenvalue weighted by Gasteiger charge is 1.99. The third-order valence-electron chi connectivity index (χ3n) is 2.12. The van der Waals surface area contributed by atoms with Crippen LogP contribution in [0.5, 0.6) is 5.75 Å². The maximum absolute atomic E-state index is 11.3. The van der Waals surface area contributed by atoms with Crippen LogP contribution in [-0.4, -0.2) is 18.7 Å². The quantitative estimate of drug-likeness (QED) is 0.571. The van der Waals surface area contributed by atoms with Gasteiger partial charge in [0.15, 0.2) is 0 Å². The first-order valence-electron chi connectivity index (χ1n) is 6.23. The molecule has 3 nitrogen and oxygen atoms in total. The summed E-state index contributed by atoms with van der Waals surface area (Å²) in [5.41, 5.74) is 0.944. The van der Waals surface area contributed by atoms with E-state index in [0.717, 1.165) is 24.3 Å². The minimum Gasteiger partial charge on any atom is -0.494 e. The van der Waals surface area contributed by atoms with E-state index in [2.05, 4.69) is 6.92 Å². The Morgan fingerprint density at radius 2 is 1.94 bits per heavy atom. The summed E-state index contributed by atoms with van der Waals surface area (Å²) in [6.45, 7) is 6.44. The van der Waals surface area contributed by atoms with Crippen molar-refractivity contribution in [2.75, 3.05) is 6.61 Å². The summed E-state index contributed by atoms with van der Waals surface area (Å²) >= 11 is 0. The van der Waals surface area contributed by atoms with E-state index in [1.807, 2.05) is 38.1 Å². The minimum absolute atomic E-state index is 0.0908. The first-order valence-corrected chi connectivity index (χ1v) is 6.23. The molecular formula is C15H20O3. The molecule has 0 aliphatic rings. The fourth-order valence-corrected chi connectivity index (χ4v) is 1.33. The zero-order valence-electron chi connectivity index (χ0n) is 11.2. The van der Waals surface area contributed by atoms with E-state index in [1.165, 1.54) is 6.08 Å². The molecule has 0 spiro atoms.